The Morgan fingerprint density at radius 1 is 1.05 bits per heavy atom. The molecule has 0 spiro atoms. The molecular weight excluding hydrogens is 396 g/mol. The van der Waals surface area contributed by atoms with E-state index in [0.717, 1.165) is 31.2 Å². The van der Waals surface area contributed by atoms with Crippen molar-refractivity contribution in [2.45, 2.75) is 6.92 Å². The summed E-state index contributed by atoms with van der Waals surface area (Å²) in [6.45, 7) is 2.03. The molecule has 106 valence electrons. The Morgan fingerprint density at radius 3 is 2.48 bits per heavy atom. The van der Waals surface area contributed by atoms with Crippen molar-refractivity contribution >= 4 is 37.7 Å². The molecule has 0 amide bonds. The number of benzene rings is 2. The predicted molar refractivity (Wildman–Crippen MR) is 91.9 cm³/mol. The second-order valence-corrected chi connectivity index (χ2v) is 6.42. The molecule has 3 rings (SSSR count). The highest BCUT2D eigenvalue weighted by atomic mass is 79.9. The van der Waals surface area contributed by atoms with Gasteiger partial charge in [0.2, 0.25) is 0 Å². The van der Waals surface area contributed by atoms with Gasteiger partial charge in [0, 0.05) is 14.5 Å². The monoisotopic (exact) mass is 406 g/mol. The first-order valence-electron chi connectivity index (χ1n) is 6.34. The standard InChI is InChI=1S/C16H12Br2N2O/c1-9-3-2-4-12(14(9)18)15-13(16(19)20-21-15)10-5-7-11(17)8-6-10/h2-8H,1H3,(H2,19,20). The van der Waals surface area contributed by atoms with E-state index in [-0.39, 0.29) is 0 Å². The molecule has 0 saturated carbocycles. The summed E-state index contributed by atoms with van der Waals surface area (Å²) in [5.41, 5.74) is 9.86. The van der Waals surface area contributed by atoms with Crippen molar-refractivity contribution in [2.75, 3.05) is 5.73 Å². The third-order valence-electron chi connectivity index (χ3n) is 3.29. The lowest BCUT2D eigenvalue weighted by molar-refractivity contribution is 0.436. The van der Waals surface area contributed by atoms with Crippen molar-refractivity contribution in [2.24, 2.45) is 0 Å². The molecule has 0 unspecified atom stereocenters. The lowest BCUT2D eigenvalue weighted by atomic mass is 10.0. The van der Waals surface area contributed by atoms with E-state index >= 15 is 0 Å². The summed E-state index contributed by atoms with van der Waals surface area (Å²) in [5, 5.41) is 3.93. The molecule has 3 nitrogen and oxygen atoms in total. The lowest BCUT2D eigenvalue weighted by Gasteiger charge is -2.07. The first-order chi connectivity index (χ1) is 10.1. The van der Waals surface area contributed by atoms with Gasteiger partial charge in [-0.05, 0) is 52.2 Å². The SMILES string of the molecule is Cc1cccc(-c2onc(N)c2-c2ccc(Br)cc2)c1Br. The summed E-state index contributed by atoms with van der Waals surface area (Å²) >= 11 is 7.04. The third kappa shape index (κ3) is 2.63. The summed E-state index contributed by atoms with van der Waals surface area (Å²) in [6, 6.07) is 13.9. The maximum atomic E-state index is 6.01. The summed E-state index contributed by atoms with van der Waals surface area (Å²) < 4.78 is 7.48. The van der Waals surface area contributed by atoms with Crippen molar-refractivity contribution < 1.29 is 4.52 Å². The Bertz CT molecular complexity index is 795. The minimum Gasteiger partial charge on any atom is -0.380 e. The summed E-state index contributed by atoms with van der Waals surface area (Å²) in [4.78, 5) is 0. The van der Waals surface area contributed by atoms with Crippen molar-refractivity contribution in [3.8, 4) is 22.5 Å². The van der Waals surface area contributed by atoms with Gasteiger partial charge in [-0.15, -0.1) is 0 Å². The zero-order valence-electron chi connectivity index (χ0n) is 11.2. The quantitative estimate of drug-likeness (QED) is 0.616. The van der Waals surface area contributed by atoms with E-state index in [1.807, 2.05) is 49.4 Å². The van der Waals surface area contributed by atoms with Crippen LogP contribution in [-0.2, 0) is 0 Å². The molecule has 5 heteroatoms. The normalized spacial score (nSPS) is 10.8. The van der Waals surface area contributed by atoms with Crippen molar-refractivity contribution in [1.82, 2.24) is 5.16 Å². The van der Waals surface area contributed by atoms with Crippen LogP contribution in [-0.4, -0.2) is 5.16 Å². The van der Waals surface area contributed by atoms with E-state index in [1.54, 1.807) is 0 Å². The Labute approximate surface area is 139 Å². The highest BCUT2D eigenvalue weighted by Gasteiger charge is 2.19. The largest absolute Gasteiger partial charge is 0.380 e. The van der Waals surface area contributed by atoms with Gasteiger partial charge in [-0.1, -0.05) is 45.4 Å². The van der Waals surface area contributed by atoms with E-state index in [4.69, 9.17) is 10.3 Å². The molecule has 2 aromatic carbocycles. The van der Waals surface area contributed by atoms with Gasteiger partial charge in [-0.25, -0.2) is 0 Å². The van der Waals surface area contributed by atoms with Crippen molar-refractivity contribution in [3.05, 3.63) is 57.0 Å². The summed E-state index contributed by atoms with van der Waals surface area (Å²) in [5.74, 6) is 1.06. The molecule has 0 fully saturated rings. The number of halogens is 2. The van der Waals surface area contributed by atoms with E-state index < -0.39 is 0 Å². The number of nitrogen functional groups attached to an aromatic ring is 1. The van der Waals surface area contributed by atoms with E-state index in [1.165, 1.54) is 0 Å². The van der Waals surface area contributed by atoms with Gasteiger partial charge in [-0.3, -0.25) is 0 Å². The Balaban J connectivity index is 2.22. The van der Waals surface area contributed by atoms with Crippen LogP contribution in [0.1, 0.15) is 5.56 Å². The lowest BCUT2D eigenvalue weighted by Crippen LogP contribution is -1.89. The predicted octanol–water partition coefficient (Wildman–Crippen LogP) is 5.42. The van der Waals surface area contributed by atoms with Gasteiger partial charge in [0.15, 0.2) is 11.6 Å². The van der Waals surface area contributed by atoms with Crippen LogP contribution in [0, 0.1) is 6.92 Å². The highest BCUT2D eigenvalue weighted by Crippen LogP contribution is 2.40. The van der Waals surface area contributed by atoms with Crippen LogP contribution < -0.4 is 5.73 Å². The number of hydrogen-bond donors (Lipinski definition) is 1. The minimum absolute atomic E-state index is 0.390. The molecule has 0 atom stereocenters. The van der Waals surface area contributed by atoms with Crippen LogP contribution in [0.5, 0.6) is 0 Å². The molecular formula is C16H12Br2N2O. The maximum absolute atomic E-state index is 6.01. The molecule has 1 heterocycles. The molecule has 0 aliphatic heterocycles. The molecule has 0 bridgehead atoms. The molecule has 21 heavy (non-hydrogen) atoms. The number of nitrogens with two attached hydrogens (primary N) is 1. The van der Waals surface area contributed by atoms with Gasteiger partial charge < -0.3 is 10.3 Å². The number of aryl methyl sites for hydroxylation is 1. The average molecular weight is 408 g/mol. The summed E-state index contributed by atoms with van der Waals surface area (Å²) in [6.07, 6.45) is 0. The fraction of sp³-hybridized carbons (Fsp3) is 0.0625. The van der Waals surface area contributed by atoms with Crippen LogP contribution in [0.4, 0.5) is 5.82 Å². The molecule has 0 saturated heterocycles. The van der Waals surface area contributed by atoms with Gasteiger partial charge in [-0.2, -0.15) is 0 Å². The van der Waals surface area contributed by atoms with Crippen LogP contribution in [0.2, 0.25) is 0 Å². The number of nitrogens with zero attached hydrogens (tertiary/aromatic N) is 1. The van der Waals surface area contributed by atoms with Crippen LogP contribution in [0.3, 0.4) is 0 Å². The van der Waals surface area contributed by atoms with E-state index in [0.29, 0.717) is 11.6 Å². The number of anilines is 1. The number of rotatable bonds is 2. The fourth-order valence-corrected chi connectivity index (χ4v) is 2.91. The van der Waals surface area contributed by atoms with E-state index in [2.05, 4.69) is 37.0 Å². The highest BCUT2D eigenvalue weighted by molar-refractivity contribution is 9.10. The van der Waals surface area contributed by atoms with Gasteiger partial charge >= 0.3 is 0 Å². The topological polar surface area (TPSA) is 52.0 Å². The Hall–Kier alpha value is -1.59. The van der Waals surface area contributed by atoms with Crippen LogP contribution >= 0.6 is 31.9 Å². The first kappa shape index (κ1) is 14.4. The number of aromatic nitrogens is 1. The van der Waals surface area contributed by atoms with Crippen LogP contribution in [0.15, 0.2) is 55.9 Å². The van der Waals surface area contributed by atoms with Crippen molar-refractivity contribution in [1.29, 1.82) is 0 Å². The number of hydrogen-bond acceptors (Lipinski definition) is 3. The second kappa shape index (κ2) is 5.66. The van der Waals surface area contributed by atoms with Crippen LogP contribution in [0.25, 0.3) is 22.5 Å². The van der Waals surface area contributed by atoms with Gasteiger partial charge in [0.25, 0.3) is 0 Å². The second-order valence-electron chi connectivity index (χ2n) is 4.72. The molecule has 0 radical (unpaired) electrons. The zero-order chi connectivity index (χ0) is 15.0. The molecule has 0 aliphatic rings. The fourth-order valence-electron chi connectivity index (χ4n) is 2.20. The van der Waals surface area contributed by atoms with Gasteiger partial charge in [0.05, 0.1) is 5.56 Å². The first-order valence-corrected chi connectivity index (χ1v) is 7.93. The molecule has 0 aliphatic carbocycles. The smallest absolute Gasteiger partial charge is 0.178 e. The van der Waals surface area contributed by atoms with Crippen molar-refractivity contribution in [3.63, 3.8) is 0 Å². The molecule has 3 aromatic rings. The van der Waals surface area contributed by atoms with Gasteiger partial charge in [0.1, 0.15) is 0 Å². The average Bonchev–Trinajstić information content (AvgIpc) is 2.85. The Kier molecular flexibility index (Phi) is 3.87. The molecule has 1 aromatic heterocycles. The Morgan fingerprint density at radius 2 is 1.76 bits per heavy atom. The maximum Gasteiger partial charge on any atom is 0.178 e. The third-order valence-corrected chi connectivity index (χ3v) is 4.87. The van der Waals surface area contributed by atoms with E-state index in [9.17, 15) is 0 Å². The summed E-state index contributed by atoms with van der Waals surface area (Å²) in [7, 11) is 0. The molecule has 2 N–H and O–H groups in total. The zero-order valence-corrected chi connectivity index (χ0v) is 14.4. The minimum atomic E-state index is 0.390.